The van der Waals surface area contributed by atoms with Gasteiger partial charge < -0.3 is 9.25 Å². The summed E-state index contributed by atoms with van der Waals surface area (Å²) >= 11 is 0. The van der Waals surface area contributed by atoms with Gasteiger partial charge in [0.15, 0.2) is 0 Å². The Morgan fingerprint density at radius 3 is 2.21 bits per heavy atom. The molecule has 0 bridgehead atoms. The van der Waals surface area contributed by atoms with Crippen LogP contribution in [0.4, 0.5) is 5.82 Å². The standard InChI is InChI=1S/C36H18N6/c1-37-35-33-26(13-8-16-38-33)39-36(40-35)42-28-15-7-5-12-23(28)31-30(42)19-24-22-11-4-6-14-27(22)41-29-18-21-10-3-2-9-20(21)17-25(29)32(31)34(24)41/h2-19H. The van der Waals surface area contributed by atoms with Crippen LogP contribution in [0.5, 0.6) is 0 Å². The van der Waals surface area contributed by atoms with Gasteiger partial charge in [-0.15, -0.1) is 0 Å². The van der Waals surface area contributed by atoms with Crippen molar-refractivity contribution < 1.29 is 0 Å². The van der Waals surface area contributed by atoms with E-state index in [1.54, 1.807) is 6.20 Å². The summed E-state index contributed by atoms with van der Waals surface area (Å²) in [5, 5.41) is 9.56. The van der Waals surface area contributed by atoms with Crippen molar-refractivity contribution in [1.82, 2.24) is 23.9 Å². The van der Waals surface area contributed by atoms with Gasteiger partial charge in [-0.05, 0) is 53.2 Å². The zero-order valence-corrected chi connectivity index (χ0v) is 22.1. The molecule has 5 aromatic carbocycles. The predicted molar refractivity (Wildman–Crippen MR) is 170 cm³/mol. The molecule has 42 heavy (non-hydrogen) atoms. The minimum Gasteiger partial charge on any atom is -0.359 e. The van der Waals surface area contributed by atoms with Crippen molar-refractivity contribution in [2.75, 3.05) is 0 Å². The molecule has 0 unspecified atom stereocenters. The lowest BCUT2D eigenvalue weighted by Gasteiger charge is -2.06. The molecule has 0 aliphatic heterocycles. The largest absolute Gasteiger partial charge is 0.359 e. The Balaban J connectivity index is 1.50. The molecule has 0 amide bonds. The molecule has 5 heterocycles. The van der Waals surface area contributed by atoms with Gasteiger partial charge in [-0.2, -0.15) is 4.98 Å². The predicted octanol–water partition coefficient (Wildman–Crippen LogP) is 8.98. The van der Waals surface area contributed by atoms with Crippen molar-refractivity contribution >= 4 is 87.5 Å². The first-order chi connectivity index (χ1) is 20.8. The molecule has 0 saturated heterocycles. The van der Waals surface area contributed by atoms with E-state index in [0.717, 1.165) is 21.8 Å². The monoisotopic (exact) mass is 534 g/mol. The van der Waals surface area contributed by atoms with Gasteiger partial charge in [-0.1, -0.05) is 72.2 Å². The number of nitrogens with zero attached hydrogens (tertiary/aromatic N) is 6. The first kappa shape index (κ1) is 21.7. The van der Waals surface area contributed by atoms with Crippen LogP contribution in [0.2, 0.25) is 0 Å². The normalized spacial score (nSPS) is 12.3. The molecule has 0 aliphatic rings. The Morgan fingerprint density at radius 2 is 1.36 bits per heavy atom. The molecule has 0 aliphatic carbocycles. The molecule has 6 heteroatoms. The third kappa shape index (κ3) is 2.56. The van der Waals surface area contributed by atoms with Crippen LogP contribution in [0.1, 0.15) is 0 Å². The zero-order chi connectivity index (χ0) is 27.5. The van der Waals surface area contributed by atoms with Crippen LogP contribution in [-0.2, 0) is 0 Å². The highest BCUT2D eigenvalue weighted by Crippen LogP contribution is 2.47. The Bertz CT molecular complexity index is 2810. The zero-order valence-electron chi connectivity index (χ0n) is 22.1. The number of rotatable bonds is 1. The lowest BCUT2D eigenvalue weighted by Crippen LogP contribution is -2.02. The van der Waals surface area contributed by atoms with E-state index < -0.39 is 0 Å². The van der Waals surface area contributed by atoms with Gasteiger partial charge in [0.05, 0.1) is 33.1 Å². The highest BCUT2D eigenvalue weighted by molar-refractivity contribution is 6.36. The van der Waals surface area contributed by atoms with Crippen molar-refractivity contribution in [3.63, 3.8) is 0 Å². The number of hydrogen-bond acceptors (Lipinski definition) is 3. The number of hydrogen-bond donors (Lipinski definition) is 0. The average Bonchev–Trinajstić information content (AvgIpc) is 3.67. The fourth-order valence-corrected chi connectivity index (χ4v) is 7.03. The maximum Gasteiger partial charge on any atom is 0.332 e. The maximum atomic E-state index is 7.85. The molecule has 6 nitrogen and oxygen atoms in total. The summed E-state index contributed by atoms with van der Waals surface area (Å²) in [7, 11) is 0. The van der Waals surface area contributed by atoms with E-state index in [0.29, 0.717) is 17.0 Å². The Labute approximate surface area is 237 Å². The minimum absolute atomic E-state index is 0.251. The first-order valence-corrected chi connectivity index (χ1v) is 13.8. The van der Waals surface area contributed by atoms with Crippen molar-refractivity contribution in [3.05, 3.63) is 121 Å². The molecule has 0 fully saturated rings. The molecule has 192 valence electrons. The summed E-state index contributed by atoms with van der Waals surface area (Å²) in [5.41, 5.74) is 6.79. The van der Waals surface area contributed by atoms with E-state index in [9.17, 15) is 0 Å². The minimum atomic E-state index is 0.251. The Hall–Kier alpha value is -6.06. The van der Waals surface area contributed by atoms with Crippen LogP contribution < -0.4 is 0 Å². The summed E-state index contributed by atoms with van der Waals surface area (Å²) in [6, 6.07) is 36.3. The van der Waals surface area contributed by atoms with E-state index in [1.807, 2.05) is 18.2 Å². The topological polar surface area (TPSA) is 52.4 Å². The quantitative estimate of drug-likeness (QED) is 0.198. The van der Waals surface area contributed by atoms with Gasteiger partial charge in [-0.3, -0.25) is 9.55 Å². The first-order valence-electron chi connectivity index (χ1n) is 13.8. The smallest absolute Gasteiger partial charge is 0.332 e. The average molecular weight is 535 g/mol. The third-order valence-corrected chi connectivity index (χ3v) is 8.70. The summed E-state index contributed by atoms with van der Waals surface area (Å²) < 4.78 is 4.55. The van der Waals surface area contributed by atoms with Gasteiger partial charge in [0, 0.05) is 38.5 Å². The van der Waals surface area contributed by atoms with Gasteiger partial charge in [0.1, 0.15) is 5.52 Å². The lowest BCUT2D eigenvalue weighted by molar-refractivity contribution is 1.01. The summed E-state index contributed by atoms with van der Waals surface area (Å²) in [6.07, 6.45) is 1.68. The lowest BCUT2D eigenvalue weighted by atomic mass is 10.0. The number of pyridine rings is 1. The molecule has 0 atom stereocenters. The van der Waals surface area contributed by atoms with Crippen molar-refractivity contribution in [3.8, 4) is 5.95 Å². The van der Waals surface area contributed by atoms with Crippen molar-refractivity contribution in [2.24, 2.45) is 0 Å². The Kier molecular flexibility index (Phi) is 3.91. The molecule has 0 spiro atoms. The van der Waals surface area contributed by atoms with E-state index >= 15 is 0 Å². The number of fused-ring (bicyclic) bond motifs is 12. The van der Waals surface area contributed by atoms with Crippen molar-refractivity contribution in [2.45, 2.75) is 0 Å². The van der Waals surface area contributed by atoms with Crippen LogP contribution in [0.25, 0.3) is 92.5 Å². The van der Waals surface area contributed by atoms with Gasteiger partial charge in [0.25, 0.3) is 0 Å². The third-order valence-electron chi connectivity index (χ3n) is 8.70. The summed E-state index contributed by atoms with van der Waals surface area (Å²) in [4.78, 5) is 17.9. The fraction of sp³-hybridized carbons (Fsp3) is 0. The number of aromatic nitrogens is 5. The van der Waals surface area contributed by atoms with Gasteiger partial charge in [0.2, 0.25) is 0 Å². The molecular weight excluding hydrogens is 516 g/mol. The molecule has 0 saturated carbocycles. The highest BCUT2D eigenvalue weighted by Gasteiger charge is 2.26. The molecule has 5 aromatic heterocycles. The SMILES string of the molecule is [C-]#[N+]c1nc(-n2c3ccccc3c3c4c5cc6ccccc6cc5n5c6ccccc6c(cc32)c45)nc2cccnc12. The number of para-hydroxylation sites is 2. The second-order valence-corrected chi connectivity index (χ2v) is 10.8. The van der Waals surface area contributed by atoms with Crippen LogP contribution in [0, 0.1) is 6.57 Å². The maximum absolute atomic E-state index is 7.85. The number of benzene rings is 5. The molecular formula is C36H18N6. The van der Waals surface area contributed by atoms with Crippen molar-refractivity contribution in [1.29, 1.82) is 0 Å². The second-order valence-electron chi connectivity index (χ2n) is 10.8. The molecule has 0 N–H and O–H groups in total. The molecule has 10 aromatic rings. The van der Waals surface area contributed by atoms with E-state index in [-0.39, 0.29) is 5.82 Å². The fourth-order valence-electron chi connectivity index (χ4n) is 7.03. The molecule has 10 rings (SSSR count). The van der Waals surface area contributed by atoms with E-state index in [4.69, 9.17) is 16.5 Å². The highest BCUT2D eigenvalue weighted by atomic mass is 15.2. The van der Waals surface area contributed by atoms with E-state index in [1.165, 1.54) is 48.9 Å². The summed E-state index contributed by atoms with van der Waals surface area (Å²) in [6.45, 7) is 7.85. The van der Waals surface area contributed by atoms with E-state index in [2.05, 4.69) is 104 Å². The van der Waals surface area contributed by atoms with Crippen LogP contribution >= 0.6 is 0 Å². The van der Waals surface area contributed by atoms with Gasteiger partial charge >= 0.3 is 11.8 Å². The van der Waals surface area contributed by atoms with Crippen LogP contribution in [-0.4, -0.2) is 23.9 Å². The van der Waals surface area contributed by atoms with Gasteiger partial charge in [-0.25, -0.2) is 0 Å². The summed E-state index contributed by atoms with van der Waals surface area (Å²) in [5.74, 6) is 0.722. The second kappa shape index (κ2) is 7.57. The van der Waals surface area contributed by atoms with Crippen LogP contribution in [0.15, 0.2) is 109 Å². The molecule has 0 radical (unpaired) electrons. The Morgan fingerprint density at radius 1 is 0.595 bits per heavy atom. The van der Waals surface area contributed by atoms with Crippen LogP contribution in [0.3, 0.4) is 0 Å².